The molecule has 0 aromatic carbocycles. The van der Waals surface area contributed by atoms with E-state index in [-0.39, 0.29) is 24.0 Å². The van der Waals surface area contributed by atoms with Crippen LogP contribution < -0.4 is 10.6 Å². The summed E-state index contributed by atoms with van der Waals surface area (Å²) in [7, 11) is 1.83. The first-order valence-electron chi connectivity index (χ1n) is 8.40. The highest BCUT2D eigenvalue weighted by molar-refractivity contribution is 14.0. The Hall–Kier alpha value is -0.830. The van der Waals surface area contributed by atoms with E-state index in [1.807, 2.05) is 17.9 Å². The first kappa shape index (κ1) is 20.2. The minimum absolute atomic E-state index is 0. The standard InChI is InChI=1S/C16H30N6.HI/c1-4-8-21-9-5-15(6-10-21)20-16(17-3)18-7-11-22-13-14(2)12-19-22;/h12-13,15H,4-11H2,1-3H3,(H2,17,18,20);1H. The maximum Gasteiger partial charge on any atom is 0.191 e. The zero-order valence-corrected chi connectivity index (χ0v) is 16.9. The van der Waals surface area contributed by atoms with Crippen molar-refractivity contribution in [3.05, 3.63) is 18.0 Å². The summed E-state index contributed by atoms with van der Waals surface area (Å²) in [6.07, 6.45) is 7.57. The lowest BCUT2D eigenvalue weighted by atomic mass is 10.1. The average molecular weight is 434 g/mol. The largest absolute Gasteiger partial charge is 0.355 e. The van der Waals surface area contributed by atoms with Crippen molar-refractivity contribution in [2.75, 3.05) is 33.2 Å². The van der Waals surface area contributed by atoms with E-state index in [4.69, 9.17) is 0 Å². The molecule has 0 bridgehead atoms. The Balaban J connectivity index is 0.00000264. The van der Waals surface area contributed by atoms with Crippen LogP contribution >= 0.6 is 24.0 Å². The number of aliphatic imine (C=N–C) groups is 1. The minimum atomic E-state index is 0. The van der Waals surface area contributed by atoms with E-state index < -0.39 is 0 Å². The zero-order chi connectivity index (χ0) is 15.8. The summed E-state index contributed by atoms with van der Waals surface area (Å²) >= 11 is 0. The third kappa shape index (κ3) is 7.07. The van der Waals surface area contributed by atoms with Crippen molar-refractivity contribution in [1.29, 1.82) is 0 Å². The summed E-state index contributed by atoms with van der Waals surface area (Å²) in [4.78, 5) is 6.88. The molecule has 2 heterocycles. The molecule has 0 spiro atoms. The molecule has 0 saturated carbocycles. The van der Waals surface area contributed by atoms with Crippen LogP contribution in [0, 0.1) is 6.92 Å². The predicted octanol–water partition coefficient (Wildman–Crippen LogP) is 1.85. The molecular formula is C16H31IN6. The molecule has 1 aliphatic rings. The number of nitrogens with one attached hydrogen (secondary N) is 2. The van der Waals surface area contributed by atoms with Gasteiger partial charge in [-0.25, -0.2) is 0 Å². The molecule has 2 rings (SSSR count). The van der Waals surface area contributed by atoms with E-state index in [0.29, 0.717) is 6.04 Å². The van der Waals surface area contributed by atoms with Gasteiger partial charge in [0, 0.05) is 38.9 Å². The Labute approximate surface area is 157 Å². The summed E-state index contributed by atoms with van der Waals surface area (Å²) in [5.41, 5.74) is 1.20. The number of aryl methyl sites for hydroxylation is 1. The normalized spacial score (nSPS) is 16.9. The van der Waals surface area contributed by atoms with E-state index >= 15 is 0 Å². The number of likely N-dealkylation sites (tertiary alicyclic amines) is 1. The highest BCUT2D eigenvalue weighted by Crippen LogP contribution is 2.10. The van der Waals surface area contributed by atoms with E-state index in [0.717, 1.165) is 19.0 Å². The van der Waals surface area contributed by atoms with Crippen LogP contribution in [0.15, 0.2) is 17.4 Å². The molecule has 0 amide bonds. The van der Waals surface area contributed by atoms with Crippen LogP contribution in [0.5, 0.6) is 0 Å². The van der Waals surface area contributed by atoms with Gasteiger partial charge in [-0.1, -0.05) is 6.92 Å². The number of hydrogen-bond donors (Lipinski definition) is 2. The summed E-state index contributed by atoms with van der Waals surface area (Å²) in [6, 6.07) is 0.534. The zero-order valence-electron chi connectivity index (χ0n) is 14.6. The van der Waals surface area contributed by atoms with Crippen LogP contribution in [0.1, 0.15) is 31.7 Å². The minimum Gasteiger partial charge on any atom is -0.355 e. The smallest absolute Gasteiger partial charge is 0.191 e. The Morgan fingerprint density at radius 3 is 2.65 bits per heavy atom. The van der Waals surface area contributed by atoms with Crippen molar-refractivity contribution < 1.29 is 0 Å². The van der Waals surface area contributed by atoms with E-state index in [1.165, 1.54) is 44.5 Å². The average Bonchev–Trinajstić information content (AvgIpc) is 2.94. The van der Waals surface area contributed by atoms with E-state index in [2.05, 4.69) is 45.7 Å². The summed E-state index contributed by atoms with van der Waals surface area (Å²) in [6.45, 7) is 9.59. The fraction of sp³-hybridized carbons (Fsp3) is 0.750. The summed E-state index contributed by atoms with van der Waals surface area (Å²) in [5, 5.41) is 11.2. The molecule has 0 aliphatic carbocycles. The fourth-order valence-electron chi connectivity index (χ4n) is 2.88. The molecule has 23 heavy (non-hydrogen) atoms. The van der Waals surface area contributed by atoms with Crippen molar-refractivity contribution in [1.82, 2.24) is 25.3 Å². The van der Waals surface area contributed by atoms with Crippen molar-refractivity contribution in [2.24, 2.45) is 4.99 Å². The summed E-state index contributed by atoms with van der Waals surface area (Å²) < 4.78 is 1.96. The van der Waals surface area contributed by atoms with Gasteiger partial charge in [-0.2, -0.15) is 5.10 Å². The highest BCUT2D eigenvalue weighted by atomic mass is 127. The van der Waals surface area contributed by atoms with Gasteiger partial charge in [-0.05, 0) is 38.3 Å². The van der Waals surface area contributed by atoms with Crippen LogP contribution in [0.4, 0.5) is 0 Å². The number of guanidine groups is 1. The molecule has 0 atom stereocenters. The van der Waals surface area contributed by atoms with Crippen molar-refractivity contribution in [3.63, 3.8) is 0 Å². The van der Waals surface area contributed by atoms with E-state index in [9.17, 15) is 0 Å². The van der Waals surface area contributed by atoms with Gasteiger partial charge >= 0.3 is 0 Å². The molecule has 1 aromatic rings. The fourth-order valence-corrected chi connectivity index (χ4v) is 2.88. The first-order chi connectivity index (χ1) is 10.7. The van der Waals surface area contributed by atoms with Gasteiger partial charge in [0.2, 0.25) is 0 Å². The van der Waals surface area contributed by atoms with E-state index in [1.54, 1.807) is 0 Å². The predicted molar refractivity (Wildman–Crippen MR) is 107 cm³/mol. The number of aromatic nitrogens is 2. The molecule has 1 aliphatic heterocycles. The van der Waals surface area contributed by atoms with Gasteiger partial charge in [-0.15, -0.1) is 24.0 Å². The van der Waals surface area contributed by atoms with Crippen LogP contribution in [-0.4, -0.2) is 59.9 Å². The van der Waals surface area contributed by atoms with Crippen molar-refractivity contribution in [2.45, 2.75) is 45.7 Å². The quantitative estimate of drug-likeness (QED) is 0.408. The second kappa shape index (κ2) is 10.9. The third-order valence-electron chi connectivity index (χ3n) is 4.09. The molecule has 6 nitrogen and oxygen atoms in total. The maximum absolute atomic E-state index is 4.33. The highest BCUT2D eigenvalue weighted by Gasteiger charge is 2.19. The van der Waals surface area contributed by atoms with Crippen molar-refractivity contribution >= 4 is 29.9 Å². The lowest BCUT2D eigenvalue weighted by molar-refractivity contribution is 0.206. The molecule has 0 unspecified atom stereocenters. The number of halogens is 1. The molecule has 7 heteroatoms. The topological polar surface area (TPSA) is 57.5 Å². The van der Waals surface area contributed by atoms with Gasteiger partial charge in [0.05, 0.1) is 12.7 Å². The van der Waals surface area contributed by atoms with Gasteiger partial charge < -0.3 is 15.5 Å². The van der Waals surface area contributed by atoms with Gasteiger partial charge in [-0.3, -0.25) is 9.67 Å². The first-order valence-corrected chi connectivity index (χ1v) is 8.40. The molecule has 132 valence electrons. The maximum atomic E-state index is 4.33. The number of rotatable bonds is 6. The summed E-state index contributed by atoms with van der Waals surface area (Å²) in [5.74, 6) is 0.901. The SMILES string of the molecule is CCCN1CCC(NC(=NC)NCCn2cc(C)cn2)CC1.I. The molecule has 2 N–H and O–H groups in total. The number of piperidine rings is 1. The Kier molecular flexibility index (Phi) is 9.54. The van der Waals surface area contributed by atoms with Gasteiger partial charge in [0.15, 0.2) is 5.96 Å². The molecule has 1 saturated heterocycles. The molecular weight excluding hydrogens is 403 g/mol. The van der Waals surface area contributed by atoms with Crippen LogP contribution in [-0.2, 0) is 6.54 Å². The van der Waals surface area contributed by atoms with Gasteiger partial charge in [0.1, 0.15) is 0 Å². The van der Waals surface area contributed by atoms with Crippen molar-refractivity contribution in [3.8, 4) is 0 Å². The van der Waals surface area contributed by atoms with Crippen LogP contribution in [0.2, 0.25) is 0 Å². The number of nitrogens with zero attached hydrogens (tertiary/aromatic N) is 4. The molecule has 1 fully saturated rings. The van der Waals surface area contributed by atoms with Crippen LogP contribution in [0.3, 0.4) is 0 Å². The molecule has 1 aromatic heterocycles. The third-order valence-corrected chi connectivity index (χ3v) is 4.09. The number of hydrogen-bond acceptors (Lipinski definition) is 3. The molecule has 0 radical (unpaired) electrons. The van der Waals surface area contributed by atoms with Crippen LogP contribution in [0.25, 0.3) is 0 Å². The Bertz CT molecular complexity index is 465. The lowest BCUT2D eigenvalue weighted by Gasteiger charge is -2.32. The Morgan fingerprint density at radius 1 is 1.35 bits per heavy atom. The second-order valence-electron chi connectivity index (χ2n) is 6.04. The lowest BCUT2D eigenvalue weighted by Crippen LogP contribution is -2.49. The second-order valence-corrected chi connectivity index (χ2v) is 6.04. The monoisotopic (exact) mass is 434 g/mol. The Morgan fingerprint density at radius 2 is 2.09 bits per heavy atom. The van der Waals surface area contributed by atoms with Gasteiger partial charge in [0.25, 0.3) is 0 Å².